The van der Waals surface area contributed by atoms with Crippen molar-refractivity contribution in [2.75, 3.05) is 0 Å². The number of benzene rings is 1. The van der Waals surface area contributed by atoms with Crippen molar-refractivity contribution in [3.05, 3.63) is 63.6 Å². The topological polar surface area (TPSA) is 35.5 Å². The predicted molar refractivity (Wildman–Crippen MR) is 144 cm³/mol. The lowest BCUT2D eigenvalue weighted by molar-refractivity contribution is -0.150. The summed E-state index contributed by atoms with van der Waals surface area (Å²) in [5, 5.41) is 1.20. The summed E-state index contributed by atoms with van der Waals surface area (Å²) in [6.07, 6.45) is 13.2. The van der Waals surface area contributed by atoms with Crippen LogP contribution in [0, 0.1) is 12.8 Å². The van der Waals surface area contributed by atoms with Crippen molar-refractivity contribution in [2.45, 2.75) is 98.2 Å². The van der Waals surface area contributed by atoms with E-state index < -0.39 is 12.2 Å². The maximum Gasteiger partial charge on any atom is 0.387 e. The largest absolute Gasteiger partial charge is 0.457 e. The molecular formula is C31H42F2O3. The van der Waals surface area contributed by atoms with Crippen LogP contribution in [0.4, 0.5) is 8.78 Å². The molecule has 1 unspecified atom stereocenters. The van der Waals surface area contributed by atoms with Crippen LogP contribution in [0.15, 0.2) is 47.6 Å². The number of esters is 1. The first-order valence-electron chi connectivity index (χ1n) is 12.9. The van der Waals surface area contributed by atoms with Crippen molar-refractivity contribution in [2.24, 2.45) is 5.92 Å². The van der Waals surface area contributed by atoms with E-state index in [1.807, 2.05) is 45.9 Å². The zero-order chi connectivity index (χ0) is 26.9. The Morgan fingerprint density at radius 1 is 1.25 bits per heavy atom. The van der Waals surface area contributed by atoms with Gasteiger partial charge in [0.1, 0.15) is 11.4 Å². The van der Waals surface area contributed by atoms with Gasteiger partial charge in [-0.25, -0.2) is 4.79 Å². The molecule has 1 saturated carbocycles. The van der Waals surface area contributed by atoms with Gasteiger partial charge in [0.05, 0.1) is 0 Å². The lowest BCUT2D eigenvalue weighted by Gasteiger charge is -2.22. The normalized spacial score (nSPS) is 18.9. The highest BCUT2D eigenvalue weighted by Gasteiger charge is 2.21. The molecule has 0 amide bonds. The minimum Gasteiger partial charge on any atom is -0.457 e. The summed E-state index contributed by atoms with van der Waals surface area (Å²) < 4.78 is 36.3. The molecule has 1 aliphatic rings. The Kier molecular flexibility index (Phi) is 11.1. The molecular weight excluding hydrogens is 458 g/mol. The van der Waals surface area contributed by atoms with Gasteiger partial charge in [0.2, 0.25) is 0 Å². The molecule has 0 heterocycles. The van der Waals surface area contributed by atoms with E-state index in [1.54, 1.807) is 19.1 Å². The van der Waals surface area contributed by atoms with E-state index in [1.165, 1.54) is 5.57 Å². The molecule has 0 N–H and O–H groups in total. The number of hydrogen-bond acceptors (Lipinski definition) is 3. The quantitative estimate of drug-likeness (QED) is 0.146. The first-order chi connectivity index (χ1) is 16.9. The molecule has 0 saturated heterocycles. The van der Waals surface area contributed by atoms with Gasteiger partial charge in [-0.1, -0.05) is 61.9 Å². The fraction of sp³-hybridized carbons (Fsp3) is 0.516. The summed E-state index contributed by atoms with van der Waals surface area (Å²) in [5.41, 5.74) is 3.42. The zero-order valence-corrected chi connectivity index (χ0v) is 22.6. The van der Waals surface area contributed by atoms with Crippen LogP contribution in [-0.2, 0) is 9.53 Å². The highest BCUT2D eigenvalue weighted by atomic mass is 19.3. The Morgan fingerprint density at radius 2 is 1.97 bits per heavy atom. The lowest BCUT2D eigenvalue weighted by atomic mass is 9.91. The standard InChI is InChI=1S/C31H42F2O3/c1-8-31(6,7)36-28(34)20-25-11-9-10-24(14-15-25)16-17-26(21(2)3)18-19-27-22(4)12-13-23(5)29(27)35-30(32)33/h12-13,18-20,24,30H,2,4,8-11,14-17H2,1,3,5-7H3/b25-20-,26-18-,27-19+. The third-order valence-corrected chi connectivity index (χ3v) is 7.05. The number of rotatable bonds is 10. The van der Waals surface area contributed by atoms with Crippen LogP contribution in [-0.4, -0.2) is 18.2 Å². The summed E-state index contributed by atoms with van der Waals surface area (Å²) in [6.45, 7) is 14.8. The van der Waals surface area contributed by atoms with Crippen LogP contribution >= 0.6 is 0 Å². The minimum atomic E-state index is -2.89. The summed E-state index contributed by atoms with van der Waals surface area (Å²) in [5.74, 6) is 0.482. The molecule has 0 spiro atoms. The molecule has 0 bridgehead atoms. The first-order valence-corrected chi connectivity index (χ1v) is 12.9. The van der Waals surface area contributed by atoms with Crippen LogP contribution in [0.25, 0.3) is 12.7 Å². The fourth-order valence-corrected chi connectivity index (χ4v) is 4.41. The van der Waals surface area contributed by atoms with Gasteiger partial charge in [-0.05, 0) is 94.9 Å². The number of carbonyl (C=O) groups is 1. The number of halogens is 2. The monoisotopic (exact) mass is 500 g/mol. The molecule has 2 rings (SSSR count). The highest BCUT2D eigenvalue weighted by molar-refractivity contribution is 5.83. The molecule has 0 aromatic heterocycles. The van der Waals surface area contributed by atoms with E-state index in [-0.39, 0.29) is 11.7 Å². The van der Waals surface area contributed by atoms with E-state index in [4.69, 9.17) is 9.47 Å². The molecule has 3 nitrogen and oxygen atoms in total. The number of hydrogen-bond donors (Lipinski definition) is 0. The van der Waals surface area contributed by atoms with Crippen LogP contribution in [0.5, 0.6) is 5.75 Å². The second-order valence-corrected chi connectivity index (χ2v) is 10.5. The van der Waals surface area contributed by atoms with Gasteiger partial charge < -0.3 is 9.47 Å². The summed E-state index contributed by atoms with van der Waals surface area (Å²) in [6, 6.07) is 3.54. The third-order valence-electron chi connectivity index (χ3n) is 7.05. The number of alkyl halides is 2. The van der Waals surface area contributed by atoms with Gasteiger partial charge in [-0.3, -0.25) is 0 Å². The third kappa shape index (κ3) is 9.40. The molecule has 0 aliphatic heterocycles. The Balaban J connectivity index is 2.10. The highest BCUT2D eigenvalue weighted by Crippen LogP contribution is 2.31. The molecule has 1 aliphatic carbocycles. The number of ether oxygens (including phenoxy) is 2. The van der Waals surface area contributed by atoms with Crippen molar-refractivity contribution in [1.29, 1.82) is 0 Å². The van der Waals surface area contributed by atoms with Crippen LogP contribution in [0.2, 0.25) is 0 Å². The SMILES string of the molecule is C=C(C)/C(=C\C=c1\c(OC(F)F)c(C)ccc1=C)CCC1CCC/C(=C/C(=O)OC(C)(C)CC)CC1. The molecule has 1 aromatic rings. The van der Waals surface area contributed by atoms with Gasteiger partial charge in [0.25, 0.3) is 0 Å². The smallest absolute Gasteiger partial charge is 0.387 e. The van der Waals surface area contributed by atoms with Crippen molar-refractivity contribution in [3.63, 3.8) is 0 Å². The van der Waals surface area contributed by atoms with E-state index in [0.717, 1.165) is 62.5 Å². The van der Waals surface area contributed by atoms with Crippen molar-refractivity contribution in [1.82, 2.24) is 0 Å². The average molecular weight is 501 g/mol. The van der Waals surface area contributed by atoms with E-state index in [9.17, 15) is 13.6 Å². The van der Waals surface area contributed by atoms with Gasteiger partial charge in [-0.15, -0.1) is 0 Å². The number of carbonyl (C=O) groups excluding carboxylic acids is 1. The molecule has 5 heteroatoms. The molecule has 36 heavy (non-hydrogen) atoms. The van der Waals surface area contributed by atoms with Gasteiger partial charge in [0.15, 0.2) is 0 Å². The van der Waals surface area contributed by atoms with Crippen molar-refractivity contribution < 1.29 is 23.0 Å². The van der Waals surface area contributed by atoms with Gasteiger partial charge in [0, 0.05) is 11.3 Å². The maximum atomic E-state index is 13.0. The fourth-order valence-electron chi connectivity index (χ4n) is 4.41. The Bertz CT molecular complexity index is 1100. The molecule has 198 valence electrons. The van der Waals surface area contributed by atoms with E-state index in [2.05, 4.69) is 13.2 Å². The molecule has 1 aromatic carbocycles. The Labute approximate surface area is 215 Å². The Morgan fingerprint density at radius 3 is 2.61 bits per heavy atom. The van der Waals surface area contributed by atoms with Crippen LogP contribution in [0.1, 0.15) is 84.6 Å². The van der Waals surface area contributed by atoms with Crippen LogP contribution < -0.4 is 15.2 Å². The molecule has 0 radical (unpaired) electrons. The minimum absolute atomic E-state index is 0.166. The summed E-state index contributed by atoms with van der Waals surface area (Å²) in [4.78, 5) is 12.3. The van der Waals surface area contributed by atoms with Crippen molar-refractivity contribution >= 4 is 18.6 Å². The molecule has 1 atom stereocenters. The maximum absolute atomic E-state index is 13.0. The zero-order valence-electron chi connectivity index (χ0n) is 22.6. The summed E-state index contributed by atoms with van der Waals surface area (Å²) in [7, 11) is 0. The average Bonchev–Trinajstić information content (AvgIpc) is 3.01. The van der Waals surface area contributed by atoms with Crippen molar-refractivity contribution in [3.8, 4) is 5.75 Å². The van der Waals surface area contributed by atoms with Crippen LogP contribution in [0.3, 0.4) is 0 Å². The van der Waals surface area contributed by atoms with E-state index >= 15 is 0 Å². The second kappa shape index (κ2) is 13.6. The number of aryl methyl sites for hydroxylation is 1. The lowest BCUT2D eigenvalue weighted by Crippen LogP contribution is -2.27. The van der Waals surface area contributed by atoms with E-state index in [0.29, 0.717) is 21.9 Å². The predicted octanol–water partition coefficient (Wildman–Crippen LogP) is 7.31. The second-order valence-electron chi connectivity index (χ2n) is 10.5. The van der Waals surface area contributed by atoms with Gasteiger partial charge >= 0.3 is 12.6 Å². The first kappa shape index (κ1) is 29.5. The Hall–Kier alpha value is -2.69. The molecule has 1 fully saturated rings. The summed E-state index contributed by atoms with van der Waals surface area (Å²) >= 11 is 0. The van der Waals surface area contributed by atoms with Gasteiger partial charge in [-0.2, -0.15) is 8.78 Å². The number of allylic oxidation sites excluding steroid dienone is 4.